The van der Waals surface area contributed by atoms with Crippen LogP contribution in [0.1, 0.15) is 45.4 Å². The second kappa shape index (κ2) is 6.19. The van der Waals surface area contributed by atoms with Gasteiger partial charge >= 0.3 is 5.97 Å². The Morgan fingerprint density at radius 1 is 1.43 bits per heavy atom. The molecule has 0 amide bonds. The molecule has 5 heteroatoms. The third-order valence-corrected chi connectivity index (χ3v) is 8.62. The van der Waals surface area contributed by atoms with Gasteiger partial charge in [0.15, 0.2) is 5.78 Å². The highest BCUT2D eigenvalue weighted by molar-refractivity contribution is 6.01. The number of Topliss-reactive ketones (excluding diaryl/α,β-unsaturated/α-hetero) is 1. The van der Waals surface area contributed by atoms with E-state index in [-0.39, 0.29) is 34.4 Å². The van der Waals surface area contributed by atoms with Gasteiger partial charge in [0, 0.05) is 42.7 Å². The van der Waals surface area contributed by atoms with Gasteiger partial charge in [0.1, 0.15) is 0 Å². The summed E-state index contributed by atoms with van der Waals surface area (Å²) in [7, 11) is 3.67. The molecule has 0 aromatic rings. The lowest BCUT2D eigenvalue weighted by molar-refractivity contribution is -0.149. The van der Waals surface area contributed by atoms with Crippen molar-refractivity contribution in [3.8, 4) is 0 Å². The maximum absolute atomic E-state index is 13.0. The van der Waals surface area contributed by atoms with Gasteiger partial charge in [-0.1, -0.05) is 12.5 Å². The zero-order chi connectivity index (χ0) is 19.7. The molecule has 0 aromatic carbocycles. The molecule has 3 aliphatic carbocycles. The zero-order valence-electron chi connectivity index (χ0n) is 17.3. The highest BCUT2D eigenvalue weighted by Gasteiger charge is 2.69. The van der Waals surface area contributed by atoms with Crippen LogP contribution >= 0.6 is 0 Å². The number of hydrogen-bond acceptors (Lipinski definition) is 5. The maximum Gasteiger partial charge on any atom is 0.309 e. The first-order valence-electron chi connectivity index (χ1n) is 10.8. The Hall–Kier alpha value is -1.62. The largest absolute Gasteiger partial charge is 0.498 e. The zero-order valence-corrected chi connectivity index (χ0v) is 17.3. The molecule has 1 saturated carbocycles. The highest BCUT2D eigenvalue weighted by atomic mass is 16.5. The minimum atomic E-state index is -0.194. The van der Waals surface area contributed by atoms with E-state index in [1.54, 1.807) is 0 Å². The molecule has 5 atom stereocenters. The lowest BCUT2D eigenvalue weighted by atomic mass is 9.51. The molecule has 5 rings (SSSR count). The van der Waals surface area contributed by atoms with E-state index in [9.17, 15) is 9.59 Å². The monoisotopic (exact) mass is 385 g/mol. The molecule has 2 heterocycles. The Labute approximate surface area is 167 Å². The van der Waals surface area contributed by atoms with Gasteiger partial charge in [-0.2, -0.15) is 0 Å². The molecule has 28 heavy (non-hydrogen) atoms. The molecular weight excluding hydrogens is 354 g/mol. The average molecular weight is 386 g/mol. The van der Waals surface area contributed by atoms with Crippen molar-refractivity contribution in [2.24, 2.45) is 28.6 Å². The van der Waals surface area contributed by atoms with Gasteiger partial charge in [-0.15, -0.1) is 0 Å². The van der Waals surface area contributed by atoms with Crippen LogP contribution in [0.5, 0.6) is 0 Å². The van der Waals surface area contributed by atoms with Crippen molar-refractivity contribution < 1.29 is 19.1 Å². The number of nitrogens with zero attached hydrogens (tertiary/aromatic N) is 1. The molecule has 1 saturated heterocycles. The molecule has 5 aliphatic rings. The molecule has 1 unspecified atom stereocenters. The van der Waals surface area contributed by atoms with E-state index in [1.807, 2.05) is 0 Å². The fourth-order valence-corrected chi connectivity index (χ4v) is 7.52. The van der Waals surface area contributed by atoms with Gasteiger partial charge in [-0.3, -0.25) is 9.59 Å². The average Bonchev–Trinajstić information content (AvgIpc) is 3.17. The molecule has 2 spiro atoms. The van der Waals surface area contributed by atoms with Gasteiger partial charge in [-0.25, -0.2) is 0 Å². The second-order valence-electron chi connectivity index (χ2n) is 9.65. The lowest BCUT2D eigenvalue weighted by Gasteiger charge is -2.59. The van der Waals surface area contributed by atoms with Crippen molar-refractivity contribution >= 4 is 11.8 Å². The van der Waals surface area contributed by atoms with Crippen molar-refractivity contribution in [3.63, 3.8) is 0 Å². The standard InChI is InChI=1S/C23H31NO4/c1-4-15-7-8-22(13-28-15)14-5-6-16-19(25)9-17-18(21(26)27-3)10-23(22,20(16)17)12-24(2)11-14/h7,14,17-18H,4-6,8-13H2,1-3H3/t14-,17-,18-,22?,23-/m1/s1. The molecule has 2 bridgehead atoms. The lowest BCUT2D eigenvalue weighted by Crippen LogP contribution is -2.61. The first kappa shape index (κ1) is 18.4. The molecule has 0 N–H and O–H groups in total. The molecule has 152 valence electrons. The van der Waals surface area contributed by atoms with Crippen LogP contribution in [-0.2, 0) is 19.1 Å². The summed E-state index contributed by atoms with van der Waals surface area (Å²) in [5, 5.41) is 0. The molecule has 5 nitrogen and oxygen atoms in total. The maximum atomic E-state index is 13.0. The molecule has 0 aromatic heterocycles. The van der Waals surface area contributed by atoms with E-state index in [0.29, 0.717) is 12.3 Å². The fourth-order valence-electron chi connectivity index (χ4n) is 7.52. The number of hydrogen-bond donors (Lipinski definition) is 0. The van der Waals surface area contributed by atoms with Crippen LogP contribution < -0.4 is 0 Å². The van der Waals surface area contributed by atoms with Crippen LogP contribution in [0.4, 0.5) is 0 Å². The fraction of sp³-hybridized carbons (Fsp3) is 0.739. The summed E-state index contributed by atoms with van der Waals surface area (Å²) in [4.78, 5) is 28.1. The summed E-state index contributed by atoms with van der Waals surface area (Å²) < 4.78 is 11.5. The Morgan fingerprint density at radius 2 is 2.25 bits per heavy atom. The van der Waals surface area contributed by atoms with Gasteiger partial charge in [-0.05, 0) is 50.3 Å². The minimum absolute atomic E-state index is 0.0130. The number of methoxy groups -OCH3 is 1. The van der Waals surface area contributed by atoms with E-state index in [2.05, 4.69) is 24.9 Å². The second-order valence-corrected chi connectivity index (χ2v) is 9.65. The minimum Gasteiger partial charge on any atom is -0.498 e. The molecule has 2 fully saturated rings. The van der Waals surface area contributed by atoms with Crippen molar-refractivity contribution in [2.45, 2.75) is 45.4 Å². The normalized spacial score (nSPS) is 42.2. The number of ether oxygens (including phenoxy) is 2. The van der Waals surface area contributed by atoms with E-state index in [4.69, 9.17) is 9.47 Å². The third-order valence-electron chi connectivity index (χ3n) is 8.62. The highest BCUT2D eigenvalue weighted by Crippen LogP contribution is 2.70. The number of allylic oxidation sites excluding steroid dienone is 3. The van der Waals surface area contributed by atoms with Gasteiger partial charge in [0.2, 0.25) is 0 Å². The van der Waals surface area contributed by atoms with Gasteiger partial charge in [0.25, 0.3) is 0 Å². The predicted molar refractivity (Wildman–Crippen MR) is 104 cm³/mol. The SMILES string of the molecule is CCC1=CCC2(CO1)[C@@H]1CCC3=C4[C@H](CC3=O)[C@H](C(=O)OC)C[C@@]42CN(C)C1. The predicted octanol–water partition coefficient (Wildman–Crippen LogP) is 3.11. The van der Waals surface area contributed by atoms with Crippen LogP contribution in [0.15, 0.2) is 23.0 Å². The van der Waals surface area contributed by atoms with Crippen LogP contribution in [0, 0.1) is 28.6 Å². The quantitative estimate of drug-likeness (QED) is 0.684. The van der Waals surface area contributed by atoms with E-state index < -0.39 is 0 Å². The van der Waals surface area contributed by atoms with Crippen molar-refractivity contribution in [1.82, 2.24) is 4.90 Å². The smallest absolute Gasteiger partial charge is 0.309 e. The van der Waals surface area contributed by atoms with Gasteiger partial charge in [0.05, 0.1) is 25.4 Å². The van der Waals surface area contributed by atoms with Crippen molar-refractivity contribution in [3.05, 3.63) is 23.0 Å². The number of carbonyl (C=O) groups excluding carboxylic acids is 2. The summed E-state index contributed by atoms with van der Waals surface area (Å²) in [6, 6.07) is 0. The number of likely N-dealkylation sites (tertiary alicyclic amines) is 1. The van der Waals surface area contributed by atoms with Crippen LogP contribution in [0.25, 0.3) is 0 Å². The van der Waals surface area contributed by atoms with E-state index in [0.717, 1.165) is 63.1 Å². The van der Waals surface area contributed by atoms with Crippen molar-refractivity contribution in [2.75, 3.05) is 33.9 Å². The first-order chi connectivity index (χ1) is 13.5. The van der Waals surface area contributed by atoms with E-state index >= 15 is 0 Å². The van der Waals surface area contributed by atoms with Crippen LogP contribution in [0.2, 0.25) is 0 Å². The Balaban J connectivity index is 1.70. The first-order valence-corrected chi connectivity index (χ1v) is 10.8. The topological polar surface area (TPSA) is 55.8 Å². The summed E-state index contributed by atoms with van der Waals surface area (Å²) in [6.07, 6.45) is 7.43. The summed E-state index contributed by atoms with van der Waals surface area (Å²) in [5.74, 6) is 1.55. The summed E-state index contributed by atoms with van der Waals surface area (Å²) in [5.41, 5.74) is 2.21. The van der Waals surface area contributed by atoms with Crippen LogP contribution in [-0.4, -0.2) is 50.5 Å². The van der Waals surface area contributed by atoms with Crippen molar-refractivity contribution in [1.29, 1.82) is 0 Å². The molecular formula is C23H31NO4. The number of carbonyl (C=O) groups is 2. The third kappa shape index (κ3) is 2.17. The number of ketones is 1. The van der Waals surface area contributed by atoms with Crippen LogP contribution in [0.3, 0.4) is 0 Å². The van der Waals surface area contributed by atoms with Gasteiger partial charge < -0.3 is 14.4 Å². The van der Waals surface area contributed by atoms with E-state index in [1.165, 1.54) is 12.7 Å². The summed E-state index contributed by atoms with van der Waals surface area (Å²) >= 11 is 0. The number of esters is 1. The Bertz CT molecular complexity index is 798. The summed E-state index contributed by atoms with van der Waals surface area (Å²) in [6.45, 7) is 4.82. The number of piperidine rings is 1. The Kier molecular flexibility index (Phi) is 4.07. The number of rotatable bonds is 2. The Morgan fingerprint density at radius 3 is 2.93 bits per heavy atom. The molecule has 0 radical (unpaired) electrons. The molecule has 2 aliphatic heterocycles.